The van der Waals surface area contributed by atoms with E-state index in [-0.39, 0.29) is 35.3 Å². The van der Waals surface area contributed by atoms with Crippen LogP contribution in [-0.4, -0.2) is 92.5 Å². The molecule has 1 saturated heterocycles. The van der Waals surface area contributed by atoms with E-state index in [2.05, 4.69) is 16.5 Å². The van der Waals surface area contributed by atoms with Gasteiger partial charge in [-0.2, -0.15) is 0 Å². The minimum atomic E-state index is -4.20. The fourth-order valence-electron chi connectivity index (χ4n) is 5.22. The number of sulfone groups is 1. The number of pyridine rings is 2. The lowest BCUT2D eigenvalue weighted by atomic mass is 9.93. The van der Waals surface area contributed by atoms with Gasteiger partial charge in [-0.1, -0.05) is 26.8 Å². The van der Waals surface area contributed by atoms with Crippen molar-refractivity contribution in [2.24, 2.45) is 5.92 Å². The van der Waals surface area contributed by atoms with Gasteiger partial charge in [0.2, 0.25) is 5.91 Å². The highest BCUT2D eigenvalue weighted by Gasteiger charge is 2.31. The number of halogens is 2. The second-order valence-electron chi connectivity index (χ2n) is 11.6. The number of ketones is 1. The van der Waals surface area contributed by atoms with Crippen LogP contribution in [0.2, 0.25) is 0 Å². The van der Waals surface area contributed by atoms with E-state index in [1.807, 2.05) is 4.90 Å². The molecule has 1 atom stereocenters. The molecule has 1 aliphatic rings. The molecule has 1 aliphatic heterocycles. The summed E-state index contributed by atoms with van der Waals surface area (Å²) in [7, 11) is -1.17. The topological polar surface area (TPSA) is 143 Å². The van der Waals surface area contributed by atoms with Crippen LogP contribution >= 0.6 is 0 Å². The maximum atomic E-state index is 15.7. The van der Waals surface area contributed by atoms with E-state index in [9.17, 15) is 22.4 Å². The van der Waals surface area contributed by atoms with Crippen LogP contribution in [0.3, 0.4) is 0 Å². The van der Waals surface area contributed by atoms with Crippen molar-refractivity contribution in [1.29, 1.82) is 5.41 Å². The quantitative estimate of drug-likeness (QED) is 0.0894. The average molecular weight is 684 g/mol. The summed E-state index contributed by atoms with van der Waals surface area (Å²) < 4.78 is 66.5. The van der Waals surface area contributed by atoms with E-state index in [4.69, 9.17) is 14.9 Å². The van der Waals surface area contributed by atoms with E-state index in [1.54, 1.807) is 56.3 Å². The monoisotopic (exact) mass is 683 g/mol. The maximum absolute atomic E-state index is 15.7. The molecule has 1 N–H and O–H groups in total. The Morgan fingerprint density at radius 2 is 1.75 bits per heavy atom. The SMILES string of the molecule is C=C(C(=O)c1c(F)ccc(C(=N)S(=O)(=O)CC(C)CC)c1F)c1cc(-c2ccc(N3CCN(CC(OC)OC)C(=O)C3)nc2)cnc1C. The minimum absolute atomic E-state index is 0.0928. The molecule has 1 amide bonds. The van der Waals surface area contributed by atoms with Crippen LogP contribution in [0.25, 0.3) is 16.7 Å². The summed E-state index contributed by atoms with van der Waals surface area (Å²) in [6.07, 6.45) is 3.16. The molecule has 1 aromatic carbocycles. The predicted octanol–water partition coefficient (Wildman–Crippen LogP) is 4.68. The van der Waals surface area contributed by atoms with E-state index in [1.165, 1.54) is 14.2 Å². The normalized spacial score (nSPS) is 14.4. The zero-order valence-corrected chi connectivity index (χ0v) is 28.4. The molecule has 0 spiro atoms. The van der Waals surface area contributed by atoms with Crippen molar-refractivity contribution in [3.63, 3.8) is 0 Å². The number of carbonyl (C=O) groups is 2. The number of nitrogens with one attached hydrogen (secondary N) is 1. The Labute approximate surface area is 279 Å². The fourth-order valence-corrected chi connectivity index (χ4v) is 6.86. The number of aromatic nitrogens is 2. The van der Waals surface area contributed by atoms with Crippen LogP contribution in [-0.2, 0) is 24.1 Å². The first kappa shape index (κ1) is 36.4. The average Bonchev–Trinajstić information content (AvgIpc) is 3.07. The zero-order chi connectivity index (χ0) is 35.3. The summed E-state index contributed by atoms with van der Waals surface area (Å²) in [5.74, 6) is -3.95. The summed E-state index contributed by atoms with van der Waals surface area (Å²) in [4.78, 5) is 38.6. The van der Waals surface area contributed by atoms with Gasteiger partial charge in [0.05, 0.1) is 24.4 Å². The molecule has 1 fully saturated rings. The van der Waals surface area contributed by atoms with Crippen molar-refractivity contribution in [2.75, 3.05) is 51.1 Å². The number of ether oxygens (including phenoxy) is 2. The van der Waals surface area contributed by atoms with Gasteiger partial charge in [0.1, 0.15) is 17.5 Å². The van der Waals surface area contributed by atoms with Crippen LogP contribution in [0, 0.1) is 29.9 Å². The number of hydrogen-bond acceptors (Lipinski definition) is 10. The molecule has 3 aromatic rings. The molecule has 0 radical (unpaired) electrons. The predicted molar refractivity (Wildman–Crippen MR) is 179 cm³/mol. The number of allylic oxidation sites excluding steroid dienone is 1. The molecular formula is C34H39F2N5O6S. The molecule has 0 aliphatic carbocycles. The standard InChI is InChI=1S/C34H39F2N5O6S/c1-7-20(2)19-48(44,45)34(37)25-9-10-27(35)31(32(25)36)33(43)21(3)26-14-24(16-38-22(26)4)23-8-11-28(39-15-23)40-12-13-41(29(42)17-40)18-30(46-5)47-6/h8-11,14-16,20,30,37H,3,7,12-13,17-19H2,1-2,4-6H3. The van der Waals surface area contributed by atoms with Crippen LogP contribution in [0.4, 0.5) is 14.6 Å². The maximum Gasteiger partial charge on any atom is 0.242 e. The Bertz CT molecular complexity index is 1830. The highest BCUT2D eigenvalue weighted by molar-refractivity contribution is 8.06. The Hall–Kier alpha value is -4.40. The molecule has 4 rings (SSSR count). The van der Waals surface area contributed by atoms with Crippen molar-refractivity contribution in [2.45, 2.75) is 33.5 Å². The second-order valence-corrected chi connectivity index (χ2v) is 13.6. The summed E-state index contributed by atoms with van der Waals surface area (Å²) >= 11 is 0. The highest BCUT2D eigenvalue weighted by Crippen LogP contribution is 2.30. The molecule has 0 bridgehead atoms. The lowest BCUT2D eigenvalue weighted by Gasteiger charge is -2.36. The van der Waals surface area contributed by atoms with Gasteiger partial charge in [0.15, 0.2) is 27.0 Å². The number of hydrogen-bond donors (Lipinski definition) is 1. The number of amides is 1. The van der Waals surface area contributed by atoms with Gasteiger partial charge in [-0.25, -0.2) is 22.2 Å². The second kappa shape index (κ2) is 15.2. The third kappa shape index (κ3) is 7.83. The number of rotatable bonds is 13. The molecule has 14 heteroatoms. The van der Waals surface area contributed by atoms with Gasteiger partial charge in [-0.3, -0.25) is 20.0 Å². The van der Waals surface area contributed by atoms with Crippen LogP contribution in [0.15, 0.2) is 49.3 Å². The smallest absolute Gasteiger partial charge is 0.242 e. The Morgan fingerprint density at radius 3 is 2.35 bits per heavy atom. The van der Waals surface area contributed by atoms with Gasteiger partial charge in [0.25, 0.3) is 0 Å². The molecule has 11 nitrogen and oxygen atoms in total. The van der Waals surface area contributed by atoms with Gasteiger partial charge in [0, 0.05) is 73.2 Å². The molecule has 256 valence electrons. The van der Waals surface area contributed by atoms with Crippen molar-refractivity contribution in [1.82, 2.24) is 14.9 Å². The Balaban J connectivity index is 1.55. The number of carbonyl (C=O) groups excluding carboxylic acids is 2. The van der Waals surface area contributed by atoms with Crippen molar-refractivity contribution in [3.05, 3.63) is 83.3 Å². The Morgan fingerprint density at radius 1 is 1.06 bits per heavy atom. The van der Waals surface area contributed by atoms with Crippen molar-refractivity contribution < 1.29 is 36.3 Å². The number of nitrogens with zero attached hydrogens (tertiary/aromatic N) is 4. The van der Waals surface area contributed by atoms with E-state index < -0.39 is 49.7 Å². The lowest BCUT2D eigenvalue weighted by Crippen LogP contribution is -2.53. The number of Topliss-reactive ketones (excluding diaryl/α,β-unsaturated/α-hetero) is 1. The number of aryl methyl sites for hydroxylation is 1. The number of piperazine rings is 1. The molecule has 2 aromatic heterocycles. The van der Waals surface area contributed by atoms with E-state index in [0.717, 1.165) is 12.1 Å². The Kier molecular flexibility index (Phi) is 11.6. The zero-order valence-electron chi connectivity index (χ0n) is 27.5. The van der Waals surface area contributed by atoms with Crippen LogP contribution in [0.1, 0.15) is 47.4 Å². The van der Waals surface area contributed by atoms with Crippen LogP contribution < -0.4 is 4.90 Å². The summed E-state index contributed by atoms with van der Waals surface area (Å²) in [6, 6.07) is 6.75. The highest BCUT2D eigenvalue weighted by atomic mass is 32.2. The molecule has 1 unspecified atom stereocenters. The summed E-state index contributed by atoms with van der Waals surface area (Å²) in [6.45, 7) is 10.3. The molecular weight excluding hydrogens is 644 g/mol. The first-order chi connectivity index (χ1) is 22.7. The van der Waals surface area contributed by atoms with Gasteiger partial charge in [-0.05, 0) is 43.2 Å². The van der Waals surface area contributed by atoms with Crippen molar-refractivity contribution >= 4 is 38.0 Å². The van der Waals surface area contributed by atoms with E-state index >= 15 is 4.39 Å². The van der Waals surface area contributed by atoms with Crippen molar-refractivity contribution in [3.8, 4) is 11.1 Å². The minimum Gasteiger partial charge on any atom is -0.354 e. The van der Waals surface area contributed by atoms with Gasteiger partial charge >= 0.3 is 0 Å². The fraction of sp³-hybridized carbons (Fsp3) is 0.382. The van der Waals surface area contributed by atoms with Gasteiger partial charge in [-0.15, -0.1) is 0 Å². The van der Waals surface area contributed by atoms with Crippen LogP contribution in [0.5, 0.6) is 0 Å². The first-order valence-corrected chi connectivity index (χ1v) is 16.9. The number of methoxy groups -OCH3 is 2. The third-order valence-corrected chi connectivity index (χ3v) is 10.2. The van der Waals surface area contributed by atoms with Gasteiger partial charge < -0.3 is 19.3 Å². The first-order valence-electron chi connectivity index (χ1n) is 15.3. The molecule has 48 heavy (non-hydrogen) atoms. The largest absolute Gasteiger partial charge is 0.354 e. The summed E-state index contributed by atoms with van der Waals surface area (Å²) in [5.41, 5.74) is -0.215. The van der Waals surface area contributed by atoms with E-state index in [0.29, 0.717) is 48.7 Å². The molecule has 3 heterocycles. The lowest BCUT2D eigenvalue weighted by molar-refractivity contribution is -0.145. The molecule has 0 saturated carbocycles. The number of benzene rings is 1. The number of anilines is 1. The third-order valence-electron chi connectivity index (χ3n) is 8.38. The summed E-state index contributed by atoms with van der Waals surface area (Å²) in [5, 5.41) is 7.17.